The third kappa shape index (κ3) is 3.36. The molecule has 0 spiro atoms. The van der Waals surface area contributed by atoms with Crippen molar-refractivity contribution in [3.63, 3.8) is 0 Å². The van der Waals surface area contributed by atoms with Crippen molar-refractivity contribution in [2.75, 3.05) is 11.9 Å². The predicted octanol–water partition coefficient (Wildman–Crippen LogP) is 3.87. The summed E-state index contributed by atoms with van der Waals surface area (Å²) in [4.78, 5) is 26.2. The van der Waals surface area contributed by atoms with Gasteiger partial charge >= 0.3 is 0 Å². The molecule has 158 valence electrons. The zero-order chi connectivity index (χ0) is 21.0. The standard InChI is InChI=1S/C21H24F2N6O/c1-11-3-4-15-14(5-11)18(28-27-15)20-25-16-7-13(10-24-19(16)26-20)29(2)17(30)6-12-8-21(22,23)9-12/h7,10-12H,3-6,8-9H2,1-2H3,(H,27,28)(H,24,25,26). The van der Waals surface area contributed by atoms with E-state index in [4.69, 9.17) is 0 Å². The monoisotopic (exact) mass is 414 g/mol. The number of alkyl halides is 2. The number of hydrogen-bond donors (Lipinski definition) is 2. The van der Waals surface area contributed by atoms with Crippen LogP contribution in [0.1, 0.15) is 43.9 Å². The number of hydrogen-bond acceptors (Lipinski definition) is 4. The third-order valence-corrected chi connectivity index (χ3v) is 6.34. The van der Waals surface area contributed by atoms with Crippen LogP contribution in [0.4, 0.5) is 14.5 Å². The summed E-state index contributed by atoms with van der Waals surface area (Å²) in [6.07, 6.45) is 4.40. The van der Waals surface area contributed by atoms with Crippen molar-refractivity contribution < 1.29 is 13.6 Å². The minimum Gasteiger partial charge on any atom is -0.335 e. The van der Waals surface area contributed by atoms with Gasteiger partial charge in [-0.3, -0.25) is 9.89 Å². The van der Waals surface area contributed by atoms with Crippen LogP contribution in [0.3, 0.4) is 0 Å². The Bertz CT molecular complexity index is 1110. The molecule has 7 nitrogen and oxygen atoms in total. The summed E-state index contributed by atoms with van der Waals surface area (Å²) >= 11 is 0. The molecule has 3 aromatic heterocycles. The van der Waals surface area contributed by atoms with Gasteiger partial charge in [0.05, 0.1) is 17.4 Å². The quantitative estimate of drug-likeness (QED) is 0.678. The van der Waals surface area contributed by atoms with Gasteiger partial charge in [0.25, 0.3) is 0 Å². The second-order valence-corrected chi connectivity index (χ2v) is 8.81. The van der Waals surface area contributed by atoms with E-state index in [0.29, 0.717) is 28.6 Å². The topological polar surface area (TPSA) is 90.6 Å². The number of amides is 1. The number of pyridine rings is 1. The van der Waals surface area contributed by atoms with Crippen LogP contribution in [0, 0.1) is 11.8 Å². The molecule has 3 aromatic rings. The van der Waals surface area contributed by atoms with Gasteiger partial charge in [-0.25, -0.2) is 18.7 Å². The first-order valence-corrected chi connectivity index (χ1v) is 10.4. The van der Waals surface area contributed by atoms with E-state index >= 15 is 0 Å². The van der Waals surface area contributed by atoms with Crippen LogP contribution < -0.4 is 4.90 Å². The van der Waals surface area contributed by atoms with Crippen molar-refractivity contribution in [2.24, 2.45) is 11.8 Å². The molecule has 3 heterocycles. The fourth-order valence-electron chi connectivity index (χ4n) is 4.51. The summed E-state index contributed by atoms with van der Waals surface area (Å²) in [7, 11) is 1.64. The van der Waals surface area contributed by atoms with Crippen molar-refractivity contribution in [1.82, 2.24) is 25.1 Å². The van der Waals surface area contributed by atoms with Crippen LogP contribution in [0.5, 0.6) is 0 Å². The average Bonchev–Trinajstić information content (AvgIpc) is 3.28. The van der Waals surface area contributed by atoms with Crippen LogP contribution in [0.15, 0.2) is 12.3 Å². The largest absolute Gasteiger partial charge is 0.335 e. The van der Waals surface area contributed by atoms with Gasteiger partial charge in [0.2, 0.25) is 11.8 Å². The lowest BCUT2D eigenvalue weighted by Gasteiger charge is -2.35. The number of nitrogens with one attached hydrogen (secondary N) is 2. The first kappa shape index (κ1) is 19.1. The van der Waals surface area contributed by atoms with E-state index in [1.807, 2.05) is 6.07 Å². The molecule has 0 aromatic carbocycles. The normalized spacial score (nSPS) is 20.7. The summed E-state index contributed by atoms with van der Waals surface area (Å²) in [5.41, 5.74) is 5.06. The first-order chi connectivity index (χ1) is 14.3. The number of anilines is 1. The zero-order valence-electron chi connectivity index (χ0n) is 17.0. The molecule has 1 fully saturated rings. The van der Waals surface area contributed by atoms with E-state index in [1.165, 1.54) is 16.2 Å². The maximum Gasteiger partial charge on any atom is 0.248 e. The molecule has 1 atom stereocenters. The highest BCUT2D eigenvalue weighted by molar-refractivity contribution is 5.94. The minimum atomic E-state index is -2.61. The summed E-state index contributed by atoms with van der Waals surface area (Å²) < 4.78 is 26.1. The lowest BCUT2D eigenvalue weighted by Crippen LogP contribution is -2.39. The molecule has 9 heteroatoms. The lowest BCUT2D eigenvalue weighted by molar-refractivity contribution is -0.131. The first-order valence-electron chi connectivity index (χ1n) is 10.4. The van der Waals surface area contributed by atoms with Crippen LogP contribution in [-0.4, -0.2) is 44.0 Å². The van der Waals surface area contributed by atoms with Gasteiger partial charge in [-0.1, -0.05) is 6.92 Å². The maximum absolute atomic E-state index is 13.0. The SMILES string of the molecule is CC1CCc2[nH]nc(-c3nc4ncc(N(C)C(=O)CC5CC(F)(F)C5)cc4[nH]3)c2C1. The molecule has 0 saturated heterocycles. The molecule has 0 radical (unpaired) electrons. The Labute approximate surface area is 172 Å². The molecule has 1 saturated carbocycles. The molecule has 0 aliphatic heterocycles. The fraction of sp³-hybridized carbons (Fsp3) is 0.524. The number of aromatic amines is 2. The van der Waals surface area contributed by atoms with Gasteiger partial charge in [-0.2, -0.15) is 5.10 Å². The number of halogens is 2. The van der Waals surface area contributed by atoms with Crippen molar-refractivity contribution in [3.8, 4) is 11.5 Å². The number of rotatable bonds is 4. The highest BCUT2D eigenvalue weighted by Gasteiger charge is 2.46. The molecule has 2 aliphatic rings. The van der Waals surface area contributed by atoms with Crippen LogP contribution in [0.2, 0.25) is 0 Å². The molecule has 5 rings (SSSR count). The van der Waals surface area contributed by atoms with E-state index < -0.39 is 5.92 Å². The van der Waals surface area contributed by atoms with Gasteiger partial charge in [-0.15, -0.1) is 0 Å². The number of carbonyl (C=O) groups excluding carboxylic acids is 1. The highest BCUT2D eigenvalue weighted by Crippen LogP contribution is 2.44. The van der Waals surface area contributed by atoms with Gasteiger partial charge in [0.1, 0.15) is 5.69 Å². The summed E-state index contributed by atoms with van der Waals surface area (Å²) in [5.74, 6) is -1.78. The number of nitrogens with zero attached hydrogens (tertiary/aromatic N) is 4. The Morgan fingerprint density at radius 3 is 2.93 bits per heavy atom. The van der Waals surface area contributed by atoms with Gasteiger partial charge in [-0.05, 0) is 37.2 Å². The van der Waals surface area contributed by atoms with Crippen molar-refractivity contribution >= 4 is 22.8 Å². The summed E-state index contributed by atoms with van der Waals surface area (Å²) in [6.45, 7) is 2.24. The summed E-state index contributed by atoms with van der Waals surface area (Å²) in [6, 6.07) is 1.81. The Morgan fingerprint density at radius 1 is 1.37 bits per heavy atom. The second kappa shape index (κ2) is 6.85. The third-order valence-electron chi connectivity index (χ3n) is 6.34. The van der Waals surface area contributed by atoms with E-state index in [1.54, 1.807) is 13.2 Å². The highest BCUT2D eigenvalue weighted by atomic mass is 19.3. The Hall–Kier alpha value is -2.84. The number of carbonyl (C=O) groups is 1. The molecular weight excluding hydrogens is 390 g/mol. The number of imidazole rings is 1. The Morgan fingerprint density at radius 2 is 2.17 bits per heavy atom. The van der Waals surface area contributed by atoms with Gasteiger partial charge < -0.3 is 9.88 Å². The van der Waals surface area contributed by atoms with E-state index in [-0.39, 0.29) is 31.1 Å². The van der Waals surface area contributed by atoms with E-state index in [2.05, 4.69) is 32.1 Å². The zero-order valence-corrected chi connectivity index (χ0v) is 17.0. The minimum absolute atomic E-state index is 0.121. The predicted molar refractivity (Wildman–Crippen MR) is 108 cm³/mol. The fourth-order valence-corrected chi connectivity index (χ4v) is 4.51. The lowest BCUT2D eigenvalue weighted by atomic mass is 9.79. The second-order valence-electron chi connectivity index (χ2n) is 8.81. The van der Waals surface area contributed by atoms with E-state index in [9.17, 15) is 13.6 Å². The molecule has 30 heavy (non-hydrogen) atoms. The Balaban J connectivity index is 1.37. The molecule has 1 amide bonds. The Kier molecular flexibility index (Phi) is 4.37. The number of fused-ring (bicyclic) bond motifs is 2. The van der Waals surface area contributed by atoms with Crippen molar-refractivity contribution in [1.29, 1.82) is 0 Å². The van der Waals surface area contributed by atoms with Crippen molar-refractivity contribution in [3.05, 3.63) is 23.5 Å². The van der Waals surface area contributed by atoms with Crippen LogP contribution >= 0.6 is 0 Å². The van der Waals surface area contributed by atoms with Gasteiger partial charge in [0, 0.05) is 37.6 Å². The molecule has 1 unspecified atom stereocenters. The maximum atomic E-state index is 13.0. The number of aryl methyl sites for hydroxylation is 1. The average molecular weight is 414 g/mol. The van der Waals surface area contributed by atoms with Gasteiger partial charge in [0.15, 0.2) is 11.5 Å². The molecule has 0 bridgehead atoms. The molecule has 2 N–H and O–H groups in total. The number of H-pyrrole nitrogens is 2. The van der Waals surface area contributed by atoms with Crippen LogP contribution in [-0.2, 0) is 17.6 Å². The molecular formula is C21H24F2N6O. The van der Waals surface area contributed by atoms with E-state index in [0.717, 1.165) is 25.0 Å². The van der Waals surface area contributed by atoms with Crippen molar-refractivity contribution in [2.45, 2.75) is 51.4 Å². The smallest absolute Gasteiger partial charge is 0.248 e. The molecule has 2 aliphatic carbocycles. The number of aromatic nitrogens is 5. The van der Waals surface area contributed by atoms with Crippen LogP contribution in [0.25, 0.3) is 22.7 Å². The summed E-state index contributed by atoms with van der Waals surface area (Å²) in [5, 5.41) is 7.60.